The fourth-order valence-electron chi connectivity index (χ4n) is 10.0. The normalized spacial score (nSPS) is 22.4. The van der Waals surface area contributed by atoms with Crippen molar-refractivity contribution in [1.29, 1.82) is 0 Å². The lowest BCUT2D eigenvalue weighted by Gasteiger charge is -2.43. The molecule has 2 bridgehead atoms. The van der Waals surface area contributed by atoms with Gasteiger partial charge in [0.15, 0.2) is 12.2 Å². The van der Waals surface area contributed by atoms with Gasteiger partial charge in [0.2, 0.25) is 0 Å². The highest BCUT2D eigenvalue weighted by Gasteiger charge is 2.51. The zero-order valence-electron chi connectivity index (χ0n) is 37.3. The number of rotatable bonds is 9. The summed E-state index contributed by atoms with van der Waals surface area (Å²) >= 11 is 0. The maximum atomic E-state index is 14.8. The minimum absolute atomic E-state index is 0.0462. The van der Waals surface area contributed by atoms with Gasteiger partial charge in [0.05, 0.1) is 18.8 Å². The molecule has 0 radical (unpaired) electrons. The quantitative estimate of drug-likeness (QED) is 0.0637. The smallest absolute Gasteiger partial charge is 0.340 e. The summed E-state index contributed by atoms with van der Waals surface area (Å²) in [5, 5.41) is 21.1. The lowest BCUT2D eigenvalue weighted by molar-refractivity contribution is -0.188. The molecule has 4 heterocycles. The van der Waals surface area contributed by atoms with Crippen molar-refractivity contribution >= 4 is 22.9 Å². The summed E-state index contributed by atoms with van der Waals surface area (Å²) in [4.78, 5) is 43.2. The predicted octanol–water partition coefficient (Wildman–Crippen LogP) is 9.47. The van der Waals surface area contributed by atoms with E-state index in [9.17, 15) is 24.6 Å². The molecule has 0 saturated carbocycles. The molecule has 5 aromatic rings. The minimum atomic E-state index is -1.26. The van der Waals surface area contributed by atoms with Gasteiger partial charge < -0.3 is 33.6 Å². The number of carbonyl (C=O) groups excluding carboxylic acids is 2. The molecule has 334 valence electrons. The van der Waals surface area contributed by atoms with Crippen LogP contribution in [0, 0.1) is 5.92 Å². The number of aliphatic hydroxyl groups is 2. The van der Waals surface area contributed by atoms with Crippen molar-refractivity contribution in [1.82, 2.24) is 0 Å². The van der Waals surface area contributed by atoms with Crippen molar-refractivity contribution in [3.05, 3.63) is 169 Å². The van der Waals surface area contributed by atoms with Gasteiger partial charge in [0, 0.05) is 54.4 Å². The molecule has 3 aliphatic heterocycles. The van der Waals surface area contributed by atoms with Crippen LogP contribution in [0.25, 0.3) is 11.0 Å². The monoisotopic (exact) mass is 866 g/mol. The van der Waals surface area contributed by atoms with E-state index in [1.165, 1.54) is 23.8 Å². The molecule has 0 fully saturated rings. The van der Waals surface area contributed by atoms with Gasteiger partial charge in [0.1, 0.15) is 16.9 Å². The van der Waals surface area contributed by atoms with Crippen LogP contribution in [0.3, 0.4) is 0 Å². The second-order valence-electron chi connectivity index (χ2n) is 18.2. The van der Waals surface area contributed by atoms with E-state index in [4.69, 9.17) is 23.4 Å². The summed E-state index contributed by atoms with van der Waals surface area (Å²) in [6.45, 7) is 6.68. The average Bonchev–Trinajstić information content (AvgIpc) is 3.27. The number of carbonyl (C=O) groups is 2. The van der Waals surface area contributed by atoms with Crippen molar-refractivity contribution in [2.45, 2.75) is 108 Å². The first-order valence-corrected chi connectivity index (χ1v) is 22.4. The number of hydrogen-bond donors (Lipinski definition) is 2. The van der Waals surface area contributed by atoms with Crippen LogP contribution in [0.4, 0.5) is 0 Å². The van der Waals surface area contributed by atoms with Crippen molar-refractivity contribution < 1.29 is 43.2 Å². The van der Waals surface area contributed by atoms with E-state index in [2.05, 4.69) is 84.9 Å². The van der Waals surface area contributed by atoms with Crippen molar-refractivity contribution in [2.75, 3.05) is 20.3 Å². The standard InChI is InChI=1S/C54H58O10/c1-32(2)41-20-16-33-14-17-36(18-15-33)42-21-19-38(37-13-9-12-35(27-37)26-34-10-7-6-8-11-34)28-40(42)29-46(57)61-50-48-45(64-54(3,4)51(50)63-52(41)58)23-22-43-44(30-56)47(53(59)62-49(43)48)39(24-25-55)31-60-5/h6-15,17-19,21-23,27,38-40,42,50-51,55-56H,16,20,24-26,28-31H2,1-5H3/t38-,39+,40+,42-,50+,51-/m0/s1. The number of aliphatic hydroxyl groups excluding tert-OH is 2. The van der Waals surface area contributed by atoms with Crippen LogP contribution in [-0.2, 0) is 43.2 Å². The van der Waals surface area contributed by atoms with Gasteiger partial charge in [-0.3, -0.25) is 4.79 Å². The maximum absolute atomic E-state index is 14.8. The number of ether oxygens (including phenoxy) is 4. The van der Waals surface area contributed by atoms with Crippen LogP contribution in [0.5, 0.6) is 5.75 Å². The second kappa shape index (κ2) is 19.1. The number of aryl methyl sites for hydroxylation is 1. The van der Waals surface area contributed by atoms with E-state index in [0.29, 0.717) is 35.8 Å². The molecule has 10 nitrogen and oxygen atoms in total. The molecule has 0 unspecified atom stereocenters. The first-order valence-electron chi connectivity index (χ1n) is 22.4. The molecular weight excluding hydrogens is 809 g/mol. The Morgan fingerprint density at radius 3 is 2.34 bits per heavy atom. The molecule has 0 amide bonds. The van der Waals surface area contributed by atoms with Gasteiger partial charge in [-0.2, -0.15) is 0 Å². The van der Waals surface area contributed by atoms with Crippen LogP contribution >= 0.6 is 0 Å². The molecular formula is C54H58O10. The van der Waals surface area contributed by atoms with E-state index in [1.54, 1.807) is 26.0 Å². The molecule has 1 aromatic heterocycles. The Bertz CT molecular complexity index is 2610. The van der Waals surface area contributed by atoms with Crippen LogP contribution in [0.2, 0.25) is 0 Å². The number of esters is 2. The van der Waals surface area contributed by atoms with Gasteiger partial charge in [-0.1, -0.05) is 96.6 Å². The molecule has 64 heavy (non-hydrogen) atoms. The Kier molecular flexibility index (Phi) is 13.4. The SMILES string of the molecule is COC[C@@H](CCO)c1c(CO)c2ccc3c(c2oc1=O)[C@H]1OC(=O)C[C@H]2C[C@@H](c4cccc(Cc5ccccc5)c4)C=C[C@H]2c2ccc(cc2)CCC(=C(C)C)C(=O)O[C@@H]1C(C)(C)O3. The van der Waals surface area contributed by atoms with Gasteiger partial charge in [-0.25, -0.2) is 9.59 Å². The fourth-order valence-corrected chi connectivity index (χ4v) is 10.0. The highest BCUT2D eigenvalue weighted by Crippen LogP contribution is 2.49. The Labute approximate surface area is 374 Å². The number of allylic oxidation sites excluding steroid dienone is 3. The Hall–Kier alpha value is -5.81. The van der Waals surface area contributed by atoms with Gasteiger partial charge in [-0.15, -0.1) is 0 Å². The van der Waals surface area contributed by atoms with E-state index in [0.717, 1.165) is 23.1 Å². The molecule has 9 rings (SSSR count). The molecule has 0 saturated heterocycles. The third-order valence-electron chi connectivity index (χ3n) is 13.3. The summed E-state index contributed by atoms with van der Waals surface area (Å²) in [5.41, 5.74) is 5.91. The second-order valence-corrected chi connectivity index (χ2v) is 18.2. The first kappa shape index (κ1) is 44.8. The van der Waals surface area contributed by atoms with Gasteiger partial charge in [0.25, 0.3) is 0 Å². The van der Waals surface area contributed by atoms with Crippen LogP contribution in [0.1, 0.15) is 122 Å². The summed E-state index contributed by atoms with van der Waals surface area (Å²) in [7, 11) is 1.50. The number of hydrogen-bond acceptors (Lipinski definition) is 10. The van der Waals surface area contributed by atoms with Crippen LogP contribution in [-0.4, -0.2) is 54.2 Å². The highest BCUT2D eigenvalue weighted by atomic mass is 16.6. The lowest BCUT2D eigenvalue weighted by atomic mass is 9.72. The van der Waals surface area contributed by atoms with Gasteiger partial charge in [-0.05, 0) is 111 Å². The topological polar surface area (TPSA) is 142 Å². The summed E-state index contributed by atoms with van der Waals surface area (Å²) in [5.74, 6) is -1.54. The molecule has 4 aromatic carbocycles. The van der Waals surface area contributed by atoms with E-state index in [-0.39, 0.29) is 66.3 Å². The molecule has 1 aliphatic carbocycles. The zero-order valence-corrected chi connectivity index (χ0v) is 37.3. The third kappa shape index (κ3) is 9.23. The van der Waals surface area contributed by atoms with Gasteiger partial charge >= 0.3 is 17.6 Å². The Morgan fingerprint density at radius 2 is 1.62 bits per heavy atom. The van der Waals surface area contributed by atoms with Crippen LogP contribution < -0.4 is 10.4 Å². The van der Waals surface area contributed by atoms with E-state index >= 15 is 0 Å². The highest BCUT2D eigenvalue weighted by molar-refractivity contribution is 5.90. The Morgan fingerprint density at radius 1 is 0.859 bits per heavy atom. The molecule has 0 spiro atoms. The van der Waals surface area contributed by atoms with Crippen LogP contribution in [0.15, 0.2) is 124 Å². The number of benzene rings is 4. The summed E-state index contributed by atoms with van der Waals surface area (Å²) in [6, 6.07) is 30.9. The zero-order chi connectivity index (χ0) is 45.1. The fraction of sp³-hybridized carbons (Fsp3) is 0.389. The number of fused-ring (bicyclic) bond motifs is 11. The van der Waals surface area contributed by atoms with Crippen molar-refractivity contribution in [2.24, 2.45) is 5.92 Å². The number of methoxy groups -OCH3 is 1. The molecule has 6 atom stereocenters. The average molecular weight is 867 g/mol. The van der Waals surface area contributed by atoms with Crippen molar-refractivity contribution in [3.8, 4) is 5.75 Å². The van der Waals surface area contributed by atoms with E-state index < -0.39 is 47.9 Å². The third-order valence-corrected chi connectivity index (χ3v) is 13.3. The summed E-state index contributed by atoms with van der Waals surface area (Å²) in [6.07, 6.45) is 4.83. The van der Waals surface area contributed by atoms with Crippen molar-refractivity contribution in [3.63, 3.8) is 0 Å². The maximum Gasteiger partial charge on any atom is 0.340 e. The van der Waals surface area contributed by atoms with E-state index in [1.807, 2.05) is 19.9 Å². The molecule has 2 N–H and O–H groups in total. The summed E-state index contributed by atoms with van der Waals surface area (Å²) < 4.78 is 31.2. The minimum Gasteiger partial charge on any atom is -0.483 e. The largest absolute Gasteiger partial charge is 0.483 e. The Balaban J connectivity index is 1.23. The molecule has 10 heteroatoms. The lowest BCUT2D eigenvalue weighted by Crippen LogP contribution is -2.52. The first-order chi connectivity index (χ1) is 30.9. The predicted molar refractivity (Wildman–Crippen MR) is 244 cm³/mol. The molecule has 4 aliphatic rings.